The molecule has 1 aromatic heterocycles. The highest BCUT2D eigenvalue weighted by Gasteiger charge is 2.09. The van der Waals surface area contributed by atoms with E-state index in [4.69, 9.17) is 21.4 Å². The van der Waals surface area contributed by atoms with Crippen molar-refractivity contribution < 1.29 is 14.6 Å². The Morgan fingerprint density at radius 3 is 2.44 bits per heavy atom. The lowest BCUT2D eigenvalue weighted by atomic mass is 10.1. The van der Waals surface area contributed by atoms with Crippen LogP contribution < -0.4 is 4.74 Å². The Bertz CT molecular complexity index is 581. The molecule has 0 spiro atoms. The first-order valence-electron chi connectivity index (χ1n) is 5.15. The van der Waals surface area contributed by atoms with Crippen LogP contribution in [0.3, 0.4) is 0 Å². The highest BCUT2D eigenvalue weighted by Crippen LogP contribution is 2.25. The normalized spacial score (nSPS) is 10.1. The fraction of sp³-hybridized carbons (Fsp3) is 0.0769. The zero-order valence-corrected chi connectivity index (χ0v) is 10.3. The zero-order chi connectivity index (χ0) is 13.1. The van der Waals surface area contributed by atoms with Crippen molar-refractivity contribution in [2.45, 2.75) is 0 Å². The fourth-order valence-electron chi connectivity index (χ4n) is 1.56. The summed E-state index contributed by atoms with van der Waals surface area (Å²) in [6.45, 7) is 0. The van der Waals surface area contributed by atoms with Crippen molar-refractivity contribution in [1.82, 2.24) is 4.98 Å². The van der Waals surface area contributed by atoms with Crippen molar-refractivity contribution in [2.24, 2.45) is 0 Å². The van der Waals surface area contributed by atoms with Crippen molar-refractivity contribution in [2.75, 3.05) is 7.11 Å². The van der Waals surface area contributed by atoms with Crippen molar-refractivity contribution in [3.05, 3.63) is 47.2 Å². The molecule has 0 amide bonds. The number of rotatable bonds is 3. The first-order chi connectivity index (χ1) is 8.60. The van der Waals surface area contributed by atoms with E-state index in [9.17, 15) is 4.79 Å². The van der Waals surface area contributed by atoms with E-state index in [1.54, 1.807) is 25.3 Å². The number of nitrogens with zero attached hydrogens (tertiary/aromatic N) is 1. The molecule has 0 saturated heterocycles. The molecule has 0 aliphatic heterocycles. The van der Waals surface area contributed by atoms with Gasteiger partial charge in [-0.15, -0.1) is 0 Å². The van der Waals surface area contributed by atoms with Crippen LogP contribution in [0.2, 0.25) is 5.15 Å². The number of benzene rings is 1. The van der Waals surface area contributed by atoms with Gasteiger partial charge in [0.15, 0.2) is 5.69 Å². The summed E-state index contributed by atoms with van der Waals surface area (Å²) in [5, 5.41) is 9.08. The average Bonchev–Trinajstić information content (AvgIpc) is 2.38. The van der Waals surface area contributed by atoms with Crippen LogP contribution in [0.5, 0.6) is 5.75 Å². The summed E-state index contributed by atoms with van der Waals surface area (Å²) in [5.74, 6) is -0.371. The summed E-state index contributed by atoms with van der Waals surface area (Å²) in [6, 6.07) is 10.4. The van der Waals surface area contributed by atoms with Crippen LogP contribution >= 0.6 is 11.6 Å². The van der Waals surface area contributed by atoms with Gasteiger partial charge in [-0.3, -0.25) is 0 Å². The molecule has 5 heteroatoms. The van der Waals surface area contributed by atoms with Crippen molar-refractivity contribution in [3.8, 4) is 16.9 Å². The van der Waals surface area contributed by atoms with E-state index < -0.39 is 5.97 Å². The molecule has 0 saturated carbocycles. The van der Waals surface area contributed by atoms with Crippen molar-refractivity contribution >= 4 is 17.6 Å². The van der Waals surface area contributed by atoms with Gasteiger partial charge < -0.3 is 9.84 Å². The number of methoxy groups -OCH3 is 1. The first-order valence-corrected chi connectivity index (χ1v) is 5.53. The smallest absolute Gasteiger partial charge is 0.354 e. The minimum Gasteiger partial charge on any atom is -0.497 e. The molecule has 92 valence electrons. The molecule has 1 aromatic carbocycles. The molecule has 2 rings (SSSR count). The number of aromatic nitrogens is 1. The summed E-state index contributed by atoms with van der Waals surface area (Å²) in [7, 11) is 1.58. The Kier molecular flexibility index (Phi) is 3.48. The van der Waals surface area contributed by atoms with E-state index in [0.717, 1.165) is 11.3 Å². The van der Waals surface area contributed by atoms with Crippen LogP contribution in [0, 0.1) is 0 Å². The van der Waals surface area contributed by atoms with Gasteiger partial charge in [0.25, 0.3) is 0 Å². The van der Waals surface area contributed by atoms with Crippen LogP contribution in [0.25, 0.3) is 11.1 Å². The molecular weight excluding hydrogens is 254 g/mol. The Morgan fingerprint density at radius 2 is 1.89 bits per heavy atom. The molecule has 18 heavy (non-hydrogen) atoms. The minimum absolute atomic E-state index is 0.0756. The molecule has 2 aromatic rings. The Balaban J connectivity index is 2.46. The molecule has 0 aliphatic carbocycles. The standard InChI is InChI=1S/C13H10ClNO3/c1-18-10-4-2-8(3-5-10)9-6-11(13(16)17)15-12(14)7-9/h2-7H,1H3,(H,16,17). The summed E-state index contributed by atoms with van der Waals surface area (Å²) < 4.78 is 5.06. The second-order valence-corrected chi connectivity index (χ2v) is 3.98. The fourth-order valence-corrected chi connectivity index (χ4v) is 1.77. The number of carboxylic acids is 1. The number of aromatic carboxylic acids is 1. The third-order valence-corrected chi connectivity index (χ3v) is 2.63. The second kappa shape index (κ2) is 5.06. The maximum atomic E-state index is 10.9. The number of carboxylic acid groups (broad SMARTS) is 1. The number of halogens is 1. The molecule has 1 N–H and O–H groups in total. The predicted octanol–water partition coefficient (Wildman–Crippen LogP) is 3.11. The van der Waals surface area contributed by atoms with Crippen LogP contribution in [-0.4, -0.2) is 23.2 Å². The largest absolute Gasteiger partial charge is 0.497 e. The van der Waals surface area contributed by atoms with E-state index >= 15 is 0 Å². The maximum absolute atomic E-state index is 10.9. The first kappa shape index (κ1) is 12.4. The van der Waals surface area contributed by atoms with E-state index in [1.165, 1.54) is 6.07 Å². The van der Waals surface area contributed by atoms with Gasteiger partial charge in [-0.2, -0.15) is 0 Å². The van der Waals surface area contributed by atoms with E-state index in [0.29, 0.717) is 5.56 Å². The Hall–Kier alpha value is -2.07. The number of ether oxygens (including phenoxy) is 1. The Morgan fingerprint density at radius 1 is 1.22 bits per heavy atom. The van der Waals surface area contributed by atoms with E-state index in [1.807, 2.05) is 12.1 Å². The van der Waals surface area contributed by atoms with Crippen molar-refractivity contribution in [3.63, 3.8) is 0 Å². The van der Waals surface area contributed by atoms with Gasteiger partial charge in [-0.1, -0.05) is 23.7 Å². The minimum atomic E-state index is -1.10. The van der Waals surface area contributed by atoms with Crippen molar-refractivity contribution in [1.29, 1.82) is 0 Å². The van der Waals surface area contributed by atoms with Gasteiger partial charge >= 0.3 is 5.97 Å². The van der Waals surface area contributed by atoms with Crippen LogP contribution in [0.4, 0.5) is 0 Å². The van der Waals surface area contributed by atoms with E-state index in [2.05, 4.69) is 4.98 Å². The Labute approximate surface area is 109 Å². The topological polar surface area (TPSA) is 59.4 Å². The monoisotopic (exact) mass is 263 g/mol. The summed E-state index contributed by atoms with van der Waals surface area (Å²) >= 11 is 5.80. The van der Waals surface area contributed by atoms with Gasteiger partial charge in [0.1, 0.15) is 10.9 Å². The van der Waals surface area contributed by atoms with Gasteiger partial charge in [-0.25, -0.2) is 9.78 Å². The van der Waals surface area contributed by atoms with Crippen LogP contribution in [0.15, 0.2) is 36.4 Å². The quantitative estimate of drug-likeness (QED) is 0.865. The second-order valence-electron chi connectivity index (χ2n) is 3.60. The number of carbonyl (C=O) groups is 1. The molecule has 0 aliphatic rings. The zero-order valence-electron chi connectivity index (χ0n) is 9.55. The lowest BCUT2D eigenvalue weighted by Crippen LogP contribution is -2.00. The number of hydrogen-bond donors (Lipinski definition) is 1. The van der Waals surface area contributed by atoms with Crippen LogP contribution in [0.1, 0.15) is 10.5 Å². The third-order valence-electron chi connectivity index (χ3n) is 2.44. The van der Waals surface area contributed by atoms with Gasteiger partial charge in [-0.05, 0) is 35.4 Å². The lowest BCUT2D eigenvalue weighted by molar-refractivity contribution is 0.0690. The molecule has 0 radical (unpaired) electrons. The molecule has 0 bridgehead atoms. The molecular formula is C13H10ClNO3. The lowest BCUT2D eigenvalue weighted by Gasteiger charge is -2.05. The summed E-state index contributed by atoms with van der Waals surface area (Å²) in [4.78, 5) is 14.6. The molecule has 1 heterocycles. The van der Waals surface area contributed by atoms with Crippen LogP contribution in [-0.2, 0) is 0 Å². The number of hydrogen-bond acceptors (Lipinski definition) is 3. The SMILES string of the molecule is COc1ccc(-c2cc(Cl)nc(C(=O)O)c2)cc1. The number of pyridine rings is 1. The average molecular weight is 264 g/mol. The molecule has 0 unspecified atom stereocenters. The third kappa shape index (κ3) is 2.60. The van der Waals surface area contributed by atoms with Gasteiger partial charge in [0, 0.05) is 0 Å². The van der Waals surface area contributed by atoms with Gasteiger partial charge in [0.2, 0.25) is 0 Å². The maximum Gasteiger partial charge on any atom is 0.354 e. The highest BCUT2D eigenvalue weighted by atomic mass is 35.5. The molecule has 0 atom stereocenters. The highest BCUT2D eigenvalue weighted by molar-refractivity contribution is 6.29. The predicted molar refractivity (Wildman–Crippen MR) is 68.2 cm³/mol. The summed E-state index contributed by atoms with van der Waals surface area (Å²) in [5.41, 5.74) is 1.48. The van der Waals surface area contributed by atoms with E-state index in [-0.39, 0.29) is 10.8 Å². The molecule has 0 fully saturated rings. The summed E-state index contributed by atoms with van der Waals surface area (Å²) in [6.07, 6.45) is 0. The van der Waals surface area contributed by atoms with Gasteiger partial charge in [0.05, 0.1) is 7.11 Å². The molecule has 4 nitrogen and oxygen atoms in total.